The first kappa shape index (κ1) is 24.9. The van der Waals surface area contributed by atoms with Gasteiger partial charge in [-0.2, -0.15) is 0 Å². The standard InChI is InChI=1S/C14H8O8S2.2K/c15-13-7-3-1-5-9(23(17,18)19)11(7)14(16)12-8(13)4-2-6-10(12)24(20,21)22;;/h1-6H,(H,17,18,19)(H,20,21,22);;/q;2*+1/p-2. The fourth-order valence-electron chi connectivity index (χ4n) is 2.60. The molecule has 0 saturated heterocycles. The zero-order valence-corrected chi connectivity index (χ0v) is 21.4. The van der Waals surface area contributed by atoms with Crippen molar-refractivity contribution >= 4 is 31.8 Å². The molecule has 26 heavy (non-hydrogen) atoms. The van der Waals surface area contributed by atoms with Crippen molar-refractivity contribution < 1.29 is 138 Å². The fourth-order valence-corrected chi connectivity index (χ4v) is 3.99. The maximum absolute atomic E-state index is 12.6. The molecule has 2 aromatic rings. The van der Waals surface area contributed by atoms with E-state index < -0.39 is 52.7 Å². The second-order valence-corrected chi connectivity index (χ2v) is 7.62. The van der Waals surface area contributed by atoms with E-state index in [0.717, 1.165) is 36.4 Å². The van der Waals surface area contributed by atoms with Gasteiger partial charge < -0.3 is 9.11 Å². The molecule has 0 amide bonds. The predicted octanol–water partition coefficient (Wildman–Crippen LogP) is -5.72. The third kappa shape index (κ3) is 4.38. The Morgan fingerprint density at radius 2 is 0.962 bits per heavy atom. The molecule has 0 aliphatic heterocycles. The molecule has 0 spiro atoms. The average Bonchev–Trinajstić information content (AvgIpc) is 2.49. The van der Waals surface area contributed by atoms with Crippen LogP contribution in [-0.4, -0.2) is 37.5 Å². The van der Waals surface area contributed by atoms with Gasteiger partial charge >= 0.3 is 103 Å². The summed E-state index contributed by atoms with van der Waals surface area (Å²) in [6, 6.07) is 6.20. The Morgan fingerprint density at radius 3 is 1.27 bits per heavy atom. The van der Waals surface area contributed by atoms with Gasteiger partial charge in [0, 0.05) is 11.1 Å². The molecule has 0 N–H and O–H groups in total. The molecule has 0 unspecified atom stereocenters. The van der Waals surface area contributed by atoms with Crippen LogP contribution in [0, 0.1) is 0 Å². The topological polar surface area (TPSA) is 149 Å². The van der Waals surface area contributed by atoms with E-state index in [1.54, 1.807) is 0 Å². The van der Waals surface area contributed by atoms with Crippen LogP contribution in [-0.2, 0) is 20.2 Å². The minimum atomic E-state index is -5.10. The Bertz CT molecular complexity index is 1050. The van der Waals surface area contributed by atoms with Gasteiger partial charge in [-0.25, -0.2) is 16.8 Å². The van der Waals surface area contributed by atoms with Crippen molar-refractivity contribution in [3.63, 3.8) is 0 Å². The number of hydrogen-bond donors (Lipinski definition) is 0. The van der Waals surface area contributed by atoms with E-state index in [9.17, 15) is 35.5 Å². The van der Waals surface area contributed by atoms with Crippen LogP contribution in [0.1, 0.15) is 31.8 Å². The number of benzene rings is 2. The third-order valence-electron chi connectivity index (χ3n) is 3.53. The van der Waals surface area contributed by atoms with Crippen molar-refractivity contribution in [1.82, 2.24) is 0 Å². The zero-order valence-electron chi connectivity index (χ0n) is 13.5. The molecule has 3 rings (SSSR count). The molecular formula is C14H6K2O8S2. The van der Waals surface area contributed by atoms with Crippen molar-refractivity contribution in [3.8, 4) is 0 Å². The molecule has 0 aromatic heterocycles. The summed E-state index contributed by atoms with van der Waals surface area (Å²) in [6.45, 7) is 0. The summed E-state index contributed by atoms with van der Waals surface area (Å²) < 4.78 is 68.1. The van der Waals surface area contributed by atoms with Gasteiger partial charge in [0.15, 0.2) is 11.6 Å². The molecule has 0 fully saturated rings. The summed E-state index contributed by atoms with van der Waals surface area (Å²) in [7, 11) is -10.2. The van der Waals surface area contributed by atoms with Gasteiger partial charge in [-0.3, -0.25) is 9.59 Å². The van der Waals surface area contributed by atoms with Crippen LogP contribution in [0.3, 0.4) is 0 Å². The van der Waals surface area contributed by atoms with Gasteiger partial charge in [-0.05, 0) is 12.1 Å². The molecule has 124 valence electrons. The number of rotatable bonds is 2. The summed E-state index contributed by atoms with van der Waals surface area (Å²) in [5, 5.41) is 0. The molecule has 0 bridgehead atoms. The molecule has 1 aliphatic carbocycles. The van der Waals surface area contributed by atoms with Crippen LogP contribution < -0.4 is 103 Å². The largest absolute Gasteiger partial charge is 1.00 e. The van der Waals surface area contributed by atoms with Crippen molar-refractivity contribution in [3.05, 3.63) is 58.7 Å². The maximum atomic E-state index is 12.6. The van der Waals surface area contributed by atoms with E-state index in [-0.39, 0.29) is 114 Å². The van der Waals surface area contributed by atoms with Crippen molar-refractivity contribution in [2.45, 2.75) is 9.79 Å². The molecule has 2 aromatic carbocycles. The van der Waals surface area contributed by atoms with Gasteiger partial charge in [0.25, 0.3) is 0 Å². The molecule has 8 nitrogen and oxygen atoms in total. The van der Waals surface area contributed by atoms with Crippen LogP contribution >= 0.6 is 0 Å². The van der Waals surface area contributed by atoms with Crippen LogP contribution in [0.25, 0.3) is 0 Å². The molecule has 12 heteroatoms. The fraction of sp³-hybridized carbons (Fsp3) is 0. The predicted molar refractivity (Wildman–Crippen MR) is 75.7 cm³/mol. The number of carbonyl (C=O) groups is 2. The monoisotopic (exact) mass is 444 g/mol. The Morgan fingerprint density at radius 1 is 0.615 bits per heavy atom. The van der Waals surface area contributed by atoms with Crippen LogP contribution in [0.4, 0.5) is 0 Å². The van der Waals surface area contributed by atoms with E-state index in [4.69, 9.17) is 0 Å². The SMILES string of the molecule is O=C1c2cccc(S(=O)(=O)[O-])c2C(=O)c2c1cccc2S(=O)(=O)[O-].[K+].[K+]. The summed E-state index contributed by atoms with van der Waals surface area (Å²) in [4.78, 5) is 23.2. The number of carbonyl (C=O) groups excluding carboxylic acids is 2. The Kier molecular flexibility index (Phi) is 8.34. The minimum absolute atomic E-state index is 0. The van der Waals surface area contributed by atoms with Crippen LogP contribution in [0.5, 0.6) is 0 Å². The average molecular weight is 445 g/mol. The van der Waals surface area contributed by atoms with E-state index in [0.29, 0.717) is 0 Å². The molecule has 0 saturated carbocycles. The van der Waals surface area contributed by atoms with Crippen LogP contribution in [0.15, 0.2) is 46.2 Å². The van der Waals surface area contributed by atoms with Crippen molar-refractivity contribution in [2.24, 2.45) is 0 Å². The van der Waals surface area contributed by atoms with Gasteiger partial charge in [0.2, 0.25) is 0 Å². The Balaban J connectivity index is 0.00000169. The van der Waals surface area contributed by atoms with Crippen molar-refractivity contribution in [1.29, 1.82) is 0 Å². The quantitative estimate of drug-likeness (QED) is 0.280. The first-order valence-corrected chi connectivity index (χ1v) is 9.12. The third-order valence-corrected chi connectivity index (χ3v) is 5.29. The summed E-state index contributed by atoms with van der Waals surface area (Å²) in [5.41, 5.74) is -2.13. The van der Waals surface area contributed by atoms with Gasteiger partial charge in [0.05, 0.1) is 20.9 Å². The zero-order chi connectivity index (χ0) is 17.9. The Hall–Kier alpha value is 0.873. The molecule has 1 aliphatic rings. The van der Waals surface area contributed by atoms with Crippen molar-refractivity contribution in [2.75, 3.05) is 0 Å². The van der Waals surface area contributed by atoms with Gasteiger partial charge in [0.1, 0.15) is 20.2 Å². The first-order valence-electron chi connectivity index (χ1n) is 6.30. The second-order valence-electron chi connectivity index (χ2n) is 4.92. The molecule has 0 atom stereocenters. The molecule has 0 radical (unpaired) electrons. The van der Waals surface area contributed by atoms with E-state index in [2.05, 4.69) is 0 Å². The van der Waals surface area contributed by atoms with E-state index in [1.165, 1.54) is 0 Å². The van der Waals surface area contributed by atoms with Gasteiger partial charge in [-0.15, -0.1) is 0 Å². The number of fused-ring (bicyclic) bond motifs is 2. The maximum Gasteiger partial charge on any atom is 1.00 e. The first-order chi connectivity index (χ1) is 11.0. The minimum Gasteiger partial charge on any atom is -0.744 e. The summed E-state index contributed by atoms with van der Waals surface area (Å²) in [6.07, 6.45) is 0. The summed E-state index contributed by atoms with van der Waals surface area (Å²) in [5.74, 6) is -2.03. The smallest absolute Gasteiger partial charge is 0.744 e. The second kappa shape index (κ2) is 8.71. The van der Waals surface area contributed by atoms with E-state index >= 15 is 0 Å². The van der Waals surface area contributed by atoms with Crippen LogP contribution in [0.2, 0.25) is 0 Å². The van der Waals surface area contributed by atoms with Gasteiger partial charge in [-0.1, -0.05) is 24.3 Å². The molecule has 0 heterocycles. The Labute approximate surface area is 234 Å². The van der Waals surface area contributed by atoms with E-state index in [1.807, 2.05) is 0 Å². The molecular weight excluding hydrogens is 438 g/mol. The normalized spacial score (nSPS) is 13.2. The summed E-state index contributed by atoms with van der Waals surface area (Å²) >= 11 is 0. The number of hydrogen-bond acceptors (Lipinski definition) is 8. The number of ketones is 2.